The summed E-state index contributed by atoms with van der Waals surface area (Å²) in [5.41, 5.74) is 6.88. The van der Waals surface area contributed by atoms with Gasteiger partial charge in [0.2, 0.25) is 5.91 Å². The highest BCUT2D eigenvalue weighted by molar-refractivity contribution is 5.92. The molecule has 1 rings (SSSR count). The van der Waals surface area contributed by atoms with Crippen molar-refractivity contribution in [2.75, 3.05) is 6.61 Å². The monoisotopic (exact) mass is 264 g/mol. The fourth-order valence-electron chi connectivity index (χ4n) is 2.05. The molecule has 19 heavy (non-hydrogen) atoms. The van der Waals surface area contributed by atoms with Crippen LogP contribution in [0.2, 0.25) is 0 Å². The van der Waals surface area contributed by atoms with Gasteiger partial charge in [0.05, 0.1) is 0 Å². The normalized spacial score (nSPS) is 13.3. The zero-order valence-electron chi connectivity index (χ0n) is 11.9. The number of rotatable bonds is 6. The van der Waals surface area contributed by atoms with Gasteiger partial charge >= 0.3 is 0 Å². The van der Waals surface area contributed by atoms with E-state index in [1.165, 1.54) is 0 Å². The molecule has 0 radical (unpaired) electrons. The Labute approximate surface area is 115 Å². The van der Waals surface area contributed by atoms with Gasteiger partial charge in [0.1, 0.15) is 0 Å². The molecule has 0 bridgehead atoms. The van der Waals surface area contributed by atoms with Crippen LogP contribution in [-0.4, -0.2) is 23.7 Å². The third-order valence-electron chi connectivity index (χ3n) is 3.23. The number of carbonyl (C=O) groups is 1. The molecule has 0 aliphatic heterocycles. The zero-order chi connectivity index (χ0) is 14.5. The molecule has 1 atom stereocenters. The fraction of sp³-hybridized carbons (Fsp3) is 0.533. The molecular formula is C15H24N2O2. The van der Waals surface area contributed by atoms with Crippen LogP contribution in [0.25, 0.3) is 0 Å². The molecule has 0 aliphatic rings. The predicted octanol–water partition coefficient (Wildman–Crippen LogP) is 1.67. The van der Waals surface area contributed by atoms with Gasteiger partial charge in [-0.05, 0) is 29.5 Å². The first-order chi connectivity index (χ1) is 8.84. The van der Waals surface area contributed by atoms with E-state index in [9.17, 15) is 4.79 Å². The van der Waals surface area contributed by atoms with Crippen LogP contribution in [-0.2, 0) is 6.54 Å². The Morgan fingerprint density at radius 3 is 2.63 bits per heavy atom. The van der Waals surface area contributed by atoms with E-state index in [4.69, 9.17) is 10.8 Å². The summed E-state index contributed by atoms with van der Waals surface area (Å²) in [6.07, 6.45) is 0.707. The molecule has 1 amide bonds. The third kappa shape index (κ3) is 5.01. The number of carbonyl (C=O) groups excluding carboxylic acids is 1. The Balaban J connectivity index is 2.69. The highest BCUT2D eigenvalue weighted by Gasteiger charge is 2.23. The van der Waals surface area contributed by atoms with Crippen molar-refractivity contribution < 1.29 is 9.90 Å². The Kier molecular flexibility index (Phi) is 5.51. The van der Waals surface area contributed by atoms with Gasteiger partial charge in [-0.25, -0.2) is 0 Å². The predicted molar refractivity (Wildman–Crippen MR) is 76.7 cm³/mol. The van der Waals surface area contributed by atoms with Gasteiger partial charge < -0.3 is 16.2 Å². The van der Waals surface area contributed by atoms with Crippen molar-refractivity contribution in [1.82, 2.24) is 5.32 Å². The van der Waals surface area contributed by atoms with E-state index in [1.54, 1.807) is 12.1 Å². The number of nitrogens with one attached hydrogen (secondary N) is 1. The van der Waals surface area contributed by atoms with Crippen molar-refractivity contribution in [3.63, 3.8) is 0 Å². The summed E-state index contributed by atoms with van der Waals surface area (Å²) in [5.74, 6) is -0.412. The van der Waals surface area contributed by atoms with Crippen molar-refractivity contribution in [3.05, 3.63) is 35.4 Å². The van der Waals surface area contributed by atoms with Crippen molar-refractivity contribution in [2.24, 2.45) is 11.1 Å². The molecule has 4 nitrogen and oxygen atoms in total. The molecule has 0 saturated heterocycles. The second kappa shape index (κ2) is 6.68. The van der Waals surface area contributed by atoms with Gasteiger partial charge in [0.25, 0.3) is 0 Å². The number of primary amides is 1. The van der Waals surface area contributed by atoms with Crippen LogP contribution in [0.1, 0.15) is 43.1 Å². The summed E-state index contributed by atoms with van der Waals surface area (Å²) in [7, 11) is 0. The van der Waals surface area contributed by atoms with Crippen LogP contribution >= 0.6 is 0 Å². The van der Waals surface area contributed by atoms with E-state index in [-0.39, 0.29) is 18.1 Å². The number of aliphatic hydroxyl groups is 1. The van der Waals surface area contributed by atoms with Gasteiger partial charge in [-0.15, -0.1) is 0 Å². The summed E-state index contributed by atoms with van der Waals surface area (Å²) in [6.45, 7) is 7.24. The average molecular weight is 264 g/mol. The summed E-state index contributed by atoms with van der Waals surface area (Å²) < 4.78 is 0. The quantitative estimate of drug-likeness (QED) is 0.731. The molecule has 0 aliphatic carbocycles. The fourth-order valence-corrected chi connectivity index (χ4v) is 2.05. The van der Waals surface area contributed by atoms with E-state index in [1.807, 2.05) is 12.1 Å². The molecule has 0 aromatic heterocycles. The molecule has 0 saturated carbocycles. The first kappa shape index (κ1) is 15.7. The molecule has 0 heterocycles. The third-order valence-corrected chi connectivity index (χ3v) is 3.23. The van der Waals surface area contributed by atoms with Crippen molar-refractivity contribution in [3.8, 4) is 0 Å². The van der Waals surface area contributed by atoms with Crippen molar-refractivity contribution in [2.45, 2.75) is 39.8 Å². The molecule has 4 N–H and O–H groups in total. The zero-order valence-corrected chi connectivity index (χ0v) is 11.9. The number of hydrogen-bond donors (Lipinski definition) is 3. The number of amides is 1. The summed E-state index contributed by atoms with van der Waals surface area (Å²) >= 11 is 0. The van der Waals surface area contributed by atoms with Gasteiger partial charge in [0, 0.05) is 24.8 Å². The van der Waals surface area contributed by atoms with E-state index in [2.05, 4.69) is 26.1 Å². The van der Waals surface area contributed by atoms with Gasteiger partial charge in [-0.3, -0.25) is 4.79 Å². The Morgan fingerprint density at radius 2 is 2.11 bits per heavy atom. The molecule has 1 aromatic carbocycles. The second-order valence-electron chi connectivity index (χ2n) is 5.88. The summed E-state index contributed by atoms with van der Waals surface area (Å²) in [4.78, 5) is 11.1. The molecule has 1 aromatic rings. The second-order valence-corrected chi connectivity index (χ2v) is 5.88. The van der Waals surface area contributed by atoms with E-state index >= 15 is 0 Å². The number of hydrogen-bond acceptors (Lipinski definition) is 3. The van der Waals surface area contributed by atoms with E-state index < -0.39 is 5.91 Å². The van der Waals surface area contributed by atoms with Crippen molar-refractivity contribution in [1.29, 1.82) is 0 Å². The number of nitrogens with two attached hydrogens (primary N) is 1. The Bertz CT molecular complexity index is 424. The molecule has 0 spiro atoms. The lowest BCUT2D eigenvalue weighted by atomic mass is 9.85. The number of aliphatic hydroxyl groups excluding tert-OH is 1. The smallest absolute Gasteiger partial charge is 0.248 e. The average Bonchev–Trinajstić information content (AvgIpc) is 2.33. The van der Waals surface area contributed by atoms with Crippen LogP contribution < -0.4 is 11.1 Å². The molecule has 0 fully saturated rings. The Morgan fingerprint density at radius 1 is 1.42 bits per heavy atom. The number of benzene rings is 1. The van der Waals surface area contributed by atoms with Crippen LogP contribution in [0.5, 0.6) is 0 Å². The SMILES string of the molecule is CC(C)(C)C(CCO)NCc1cccc(C(N)=O)c1. The minimum Gasteiger partial charge on any atom is -0.396 e. The molecule has 106 valence electrons. The van der Waals surface area contributed by atoms with Gasteiger partial charge in [-0.1, -0.05) is 32.9 Å². The topological polar surface area (TPSA) is 75.3 Å². The first-order valence-electron chi connectivity index (χ1n) is 6.57. The summed E-state index contributed by atoms with van der Waals surface area (Å²) in [5, 5.41) is 12.5. The minimum atomic E-state index is -0.412. The highest BCUT2D eigenvalue weighted by Crippen LogP contribution is 2.22. The first-order valence-corrected chi connectivity index (χ1v) is 6.57. The maximum absolute atomic E-state index is 11.1. The van der Waals surface area contributed by atoms with Crippen molar-refractivity contribution >= 4 is 5.91 Å². The lowest BCUT2D eigenvalue weighted by Crippen LogP contribution is -2.40. The van der Waals surface area contributed by atoms with Crippen LogP contribution in [0.4, 0.5) is 0 Å². The van der Waals surface area contributed by atoms with E-state index in [0.717, 1.165) is 5.56 Å². The summed E-state index contributed by atoms with van der Waals surface area (Å²) in [6, 6.07) is 7.51. The van der Waals surface area contributed by atoms with Gasteiger partial charge in [0.15, 0.2) is 0 Å². The molecule has 1 unspecified atom stereocenters. The lowest BCUT2D eigenvalue weighted by molar-refractivity contribution is 0.1000. The maximum Gasteiger partial charge on any atom is 0.248 e. The standard InChI is InChI=1S/C15H24N2O2/c1-15(2,3)13(7-8-18)17-10-11-5-4-6-12(9-11)14(16)19/h4-6,9,13,17-18H,7-8,10H2,1-3H3,(H2,16,19). The molecule has 4 heteroatoms. The largest absolute Gasteiger partial charge is 0.396 e. The highest BCUT2D eigenvalue weighted by atomic mass is 16.3. The van der Waals surface area contributed by atoms with Crippen LogP contribution in [0, 0.1) is 5.41 Å². The molecular weight excluding hydrogens is 240 g/mol. The van der Waals surface area contributed by atoms with E-state index in [0.29, 0.717) is 18.5 Å². The maximum atomic E-state index is 11.1. The van der Waals surface area contributed by atoms with Gasteiger partial charge in [-0.2, -0.15) is 0 Å². The van der Waals surface area contributed by atoms with Crippen LogP contribution in [0.3, 0.4) is 0 Å². The lowest BCUT2D eigenvalue weighted by Gasteiger charge is -2.31. The van der Waals surface area contributed by atoms with Crippen LogP contribution in [0.15, 0.2) is 24.3 Å². The Hall–Kier alpha value is -1.39. The minimum absolute atomic E-state index is 0.0734.